The van der Waals surface area contributed by atoms with Crippen LogP contribution in [-0.2, 0) is 16.6 Å². The van der Waals surface area contributed by atoms with Gasteiger partial charge in [0.15, 0.2) is 0 Å². The molecule has 1 aliphatic carbocycles. The number of hydrogen-bond donors (Lipinski definition) is 0. The predicted octanol–water partition coefficient (Wildman–Crippen LogP) is 1.81. The summed E-state index contributed by atoms with van der Waals surface area (Å²) in [5, 5.41) is 4.14. The van der Waals surface area contributed by atoms with Gasteiger partial charge in [0.2, 0.25) is 5.91 Å². The molecule has 0 atom stereocenters. The highest BCUT2D eigenvalue weighted by molar-refractivity contribution is 5.95. The minimum absolute atomic E-state index is 0.152. The van der Waals surface area contributed by atoms with Crippen LogP contribution in [0.1, 0.15) is 38.5 Å². The highest BCUT2D eigenvalue weighted by Crippen LogP contribution is 2.20. The zero-order valence-corrected chi connectivity index (χ0v) is 14.1. The Morgan fingerprint density at radius 2 is 2.00 bits per heavy atom. The lowest BCUT2D eigenvalue weighted by Crippen LogP contribution is -2.51. The molecule has 2 fully saturated rings. The molecule has 2 aliphatic rings. The fraction of sp³-hybridized carbons (Fsp3) is 0.765. The molecule has 0 N–H and O–H groups in total. The number of aryl methyl sites for hydroxylation is 1. The van der Waals surface area contributed by atoms with E-state index in [1.165, 1.54) is 38.5 Å². The molecule has 128 valence electrons. The van der Waals surface area contributed by atoms with Crippen LogP contribution in [0.3, 0.4) is 0 Å². The Kier molecular flexibility index (Phi) is 5.67. The molecule has 1 aromatic heterocycles. The molecular formula is C17H28N4O2. The summed E-state index contributed by atoms with van der Waals surface area (Å²) in [5.41, 5.74) is 0.895. The fourth-order valence-electron chi connectivity index (χ4n) is 3.49. The highest BCUT2D eigenvalue weighted by Gasteiger charge is 2.25. The molecule has 6 nitrogen and oxygen atoms in total. The van der Waals surface area contributed by atoms with Crippen molar-refractivity contribution in [2.75, 3.05) is 37.7 Å². The lowest BCUT2D eigenvalue weighted by Gasteiger charge is -2.33. The van der Waals surface area contributed by atoms with E-state index in [4.69, 9.17) is 4.74 Å². The number of anilines is 1. The van der Waals surface area contributed by atoms with Gasteiger partial charge in [-0.15, -0.1) is 0 Å². The Labute approximate surface area is 138 Å². The van der Waals surface area contributed by atoms with E-state index in [1.807, 2.05) is 18.1 Å². The zero-order valence-electron chi connectivity index (χ0n) is 14.1. The number of amides is 1. The van der Waals surface area contributed by atoms with E-state index in [2.05, 4.69) is 10.00 Å². The predicted molar refractivity (Wildman–Crippen MR) is 89.4 cm³/mol. The van der Waals surface area contributed by atoms with Crippen LogP contribution in [0.25, 0.3) is 0 Å². The van der Waals surface area contributed by atoms with Gasteiger partial charge in [-0.2, -0.15) is 5.10 Å². The molecule has 1 saturated carbocycles. The van der Waals surface area contributed by atoms with Gasteiger partial charge in [-0.05, 0) is 12.8 Å². The molecule has 1 amide bonds. The van der Waals surface area contributed by atoms with Crippen molar-refractivity contribution in [1.82, 2.24) is 14.7 Å². The Morgan fingerprint density at radius 3 is 2.65 bits per heavy atom. The summed E-state index contributed by atoms with van der Waals surface area (Å²) >= 11 is 0. The molecule has 1 aromatic rings. The van der Waals surface area contributed by atoms with Crippen molar-refractivity contribution in [1.29, 1.82) is 0 Å². The van der Waals surface area contributed by atoms with Crippen LogP contribution >= 0.6 is 0 Å². The van der Waals surface area contributed by atoms with Crippen LogP contribution < -0.4 is 4.90 Å². The number of aromatic nitrogens is 2. The Balaban J connectivity index is 1.40. The maximum Gasteiger partial charge on any atom is 0.241 e. The lowest BCUT2D eigenvalue weighted by molar-refractivity contribution is -0.121. The van der Waals surface area contributed by atoms with Crippen molar-refractivity contribution in [3.8, 4) is 0 Å². The first-order valence-electron chi connectivity index (χ1n) is 8.85. The summed E-state index contributed by atoms with van der Waals surface area (Å²) in [6, 6.07) is 0. The molecule has 1 saturated heterocycles. The minimum atomic E-state index is 0.152. The second-order valence-electron chi connectivity index (χ2n) is 6.68. The molecule has 0 aromatic carbocycles. The fourth-order valence-corrected chi connectivity index (χ4v) is 3.49. The van der Waals surface area contributed by atoms with E-state index in [-0.39, 0.29) is 5.91 Å². The second-order valence-corrected chi connectivity index (χ2v) is 6.68. The number of carbonyl (C=O) groups is 1. The summed E-state index contributed by atoms with van der Waals surface area (Å²) in [6.45, 7) is 3.69. The van der Waals surface area contributed by atoms with Crippen molar-refractivity contribution in [3.05, 3.63) is 12.4 Å². The number of rotatable bonds is 5. The van der Waals surface area contributed by atoms with Gasteiger partial charge in [0.25, 0.3) is 0 Å². The molecule has 0 spiro atoms. The third kappa shape index (κ3) is 4.54. The first-order valence-corrected chi connectivity index (χ1v) is 8.85. The van der Waals surface area contributed by atoms with Crippen LogP contribution in [0.15, 0.2) is 12.4 Å². The Bertz CT molecular complexity index is 508. The summed E-state index contributed by atoms with van der Waals surface area (Å²) in [4.78, 5) is 16.4. The summed E-state index contributed by atoms with van der Waals surface area (Å²) in [5.74, 6) is 0.152. The maximum atomic E-state index is 12.3. The van der Waals surface area contributed by atoms with Gasteiger partial charge in [-0.25, -0.2) is 0 Å². The molecule has 1 aliphatic heterocycles. The second kappa shape index (κ2) is 7.93. The van der Waals surface area contributed by atoms with Crippen molar-refractivity contribution in [3.63, 3.8) is 0 Å². The van der Waals surface area contributed by atoms with E-state index in [0.717, 1.165) is 31.9 Å². The first kappa shape index (κ1) is 16.5. The summed E-state index contributed by atoms with van der Waals surface area (Å²) < 4.78 is 7.77. The van der Waals surface area contributed by atoms with Gasteiger partial charge in [-0.1, -0.05) is 25.7 Å². The van der Waals surface area contributed by atoms with Crippen LogP contribution in [0.5, 0.6) is 0 Å². The minimum Gasteiger partial charge on any atom is -0.377 e. The third-order valence-corrected chi connectivity index (χ3v) is 4.87. The van der Waals surface area contributed by atoms with Gasteiger partial charge in [0.1, 0.15) is 0 Å². The monoisotopic (exact) mass is 320 g/mol. The van der Waals surface area contributed by atoms with Crippen LogP contribution in [0.2, 0.25) is 0 Å². The van der Waals surface area contributed by atoms with Crippen molar-refractivity contribution in [2.45, 2.75) is 44.6 Å². The molecule has 6 heteroatoms. The molecule has 0 radical (unpaired) electrons. The SMILES string of the molecule is Cn1cc(N2CCN(CCOC3CCCCCC3)CC2=O)cn1. The third-order valence-electron chi connectivity index (χ3n) is 4.87. The summed E-state index contributed by atoms with van der Waals surface area (Å²) in [6.07, 6.45) is 11.8. The topological polar surface area (TPSA) is 50.6 Å². The number of hydrogen-bond acceptors (Lipinski definition) is 4. The van der Waals surface area contributed by atoms with E-state index in [9.17, 15) is 4.79 Å². The molecule has 3 rings (SSSR count). The molecule has 2 heterocycles. The van der Waals surface area contributed by atoms with E-state index in [0.29, 0.717) is 12.6 Å². The van der Waals surface area contributed by atoms with Crippen LogP contribution in [-0.4, -0.2) is 59.5 Å². The quantitative estimate of drug-likeness (QED) is 0.777. The number of ether oxygens (including phenoxy) is 1. The molecular weight excluding hydrogens is 292 g/mol. The molecule has 0 unspecified atom stereocenters. The molecule has 0 bridgehead atoms. The van der Waals surface area contributed by atoms with Gasteiger partial charge >= 0.3 is 0 Å². The van der Waals surface area contributed by atoms with E-state index in [1.54, 1.807) is 10.9 Å². The van der Waals surface area contributed by atoms with Gasteiger partial charge in [-0.3, -0.25) is 14.4 Å². The van der Waals surface area contributed by atoms with Crippen molar-refractivity contribution in [2.24, 2.45) is 7.05 Å². The maximum absolute atomic E-state index is 12.3. The van der Waals surface area contributed by atoms with E-state index >= 15 is 0 Å². The average Bonchev–Trinajstić information content (AvgIpc) is 2.80. The Morgan fingerprint density at radius 1 is 1.22 bits per heavy atom. The van der Waals surface area contributed by atoms with Crippen LogP contribution in [0, 0.1) is 0 Å². The zero-order chi connectivity index (χ0) is 16.1. The Hall–Kier alpha value is -1.40. The van der Waals surface area contributed by atoms with Crippen molar-refractivity contribution >= 4 is 11.6 Å². The van der Waals surface area contributed by atoms with Gasteiger partial charge < -0.3 is 9.64 Å². The van der Waals surface area contributed by atoms with E-state index < -0.39 is 0 Å². The smallest absolute Gasteiger partial charge is 0.241 e. The van der Waals surface area contributed by atoms with Gasteiger partial charge in [0, 0.05) is 32.9 Å². The number of piperazine rings is 1. The first-order chi connectivity index (χ1) is 11.2. The lowest BCUT2D eigenvalue weighted by atomic mass is 10.1. The largest absolute Gasteiger partial charge is 0.377 e. The normalized spacial score (nSPS) is 21.6. The number of nitrogens with zero attached hydrogens (tertiary/aromatic N) is 4. The van der Waals surface area contributed by atoms with Crippen LogP contribution in [0.4, 0.5) is 5.69 Å². The van der Waals surface area contributed by atoms with Gasteiger partial charge in [0.05, 0.1) is 31.1 Å². The molecule has 23 heavy (non-hydrogen) atoms. The highest BCUT2D eigenvalue weighted by atomic mass is 16.5. The van der Waals surface area contributed by atoms with Crippen molar-refractivity contribution < 1.29 is 9.53 Å². The average molecular weight is 320 g/mol. The number of carbonyl (C=O) groups excluding carboxylic acids is 1. The summed E-state index contributed by atoms with van der Waals surface area (Å²) in [7, 11) is 1.87. The standard InChI is InChI=1S/C17H28N4O2/c1-19-13-15(12-18-19)21-9-8-20(14-17(21)22)10-11-23-16-6-4-2-3-5-7-16/h12-13,16H,2-11,14H2,1H3.